The van der Waals surface area contributed by atoms with Crippen molar-refractivity contribution in [2.75, 3.05) is 11.9 Å². The van der Waals surface area contributed by atoms with Crippen molar-refractivity contribution in [3.05, 3.63) is 68.6 Å². The van der Waals surface area contributed by atoms with Crippen molar-refractivity contribution in [1.82, 2.24) is 9.88 Å². The molecule has 7 unspecified atom stereocenters. The number of nitrogens with two attached hydrogens (primary N) is 1. The van der Waals surface area contributed by atoms with Crippen LogP contribution in [0.1, 0.15) is 29.7 Å². The number of carbonyl (C=O) groups is 4. The van der Waals surface area contributed by atoms with Crippen LogP contribution in [-0.2, 0) is 29.2 Å². The first-order valence-electron chi connectivity index (χ1n) is 14.5. The number of primary sulfonamides is 1. The van der Waals surface area contributed by atoms with Crippen LogP contribution in [0, 0.1) is 29.6 Å². The number of nitrogens with one attached hydrogen (secondary N) is 2. The van der Waals surface area contributed by atoms with Gasteiger partial charge < -0.3 is 20.1 Å². The smallest absolute Gasteiger partial charge is 0.326 e. The SMILES string of the molecule is CC(C(=O)O)N1C(=O)C2C3CC(C2C1=O)C1C3Sc2[nH]c(=O)sc2[C@@H]1c1ccc(OCC(=O)Nc2ccc(S(N)(=O)=O)cc2)cc1. The highest BCUT2D eigenvalue weighted by molar-refractivity contribution is 8.00. The minimum atomic E-state index is -3.85. The third-order valence-electron chi connectivity index (χ3n) is 9.58. The summed E-state index contributed by atoms with van der Waals surface area (Å²) in [5.41, 5.74) is 1.27. The summed E-state index contributed by atoms with van der Waals surface area (Å²) in [4.78, 5) is 68.1. The summed E-state index contributed by atoms with van der Waals surface area (Å²) in [5.74, 6) is -3.79. The van der Waals surface area contributed by atoms with Gasteiger partial charge in [0.15, 0.2) is 6.61 Å². The molecule has 0 radical (unpaired) electrons. The lowest BCUT2D eigenvalue weighted by Gasteiger charge is -2.43. The molecule has 3 aromatic rings. The van der Waals surface area contributed by atoms with Gasteiger partial charge in [-0.25, -0.2) is 18.4 Å². The Kier molecular flexibility index (Phi) is 7.38. The van der Waals surface area contributed by atoms with E-state index >= 15 is 0 Å². The number of ether oxygens (including phenoxy) is 1. The Morgan fingerprint density at radius 1 is 1.07 bits per heavy atom. The average molecular weight is 685 g/mol. The Morgan fingerprint density at radius 3 is 2.35 bits per heavy atom. The van der Waals surface area contributed by atoms with Gasteiger partial charge in [-0.15, -0.1) is 11.8 Å². The van der Waals surface area contributed by atoms with E-state index in [2.05, 4.69) is 10.3 Å². The predicted octanol–water partition coefficient (Wildman–Crippen LogP) is 2.05. The fourth-order valence-corrected chi connectivity index (χ4v) is 11.2. The Hall–Kier alpha value is -3.99. The van der Waals surface area contributed by atoms with Crippen molar-refractivity contribution in [3.8, 4) is 5.75 Å². The van der Waals surface area contributed by atoms with Gasteiger partial charge in [0.05, 0.1) is 21.8 Å². The number of carboxylic acids is 1. The third-order valence-corrected chi connectivity index (χ3v) is 13.1. The number of thiazole rings is 1. The maximum absolute atomic E-state index is 13.5. The number of thioether (sulfide) groups is 1. The predicted molar refractivity (Wildman–Crippen MR) is 166 cm³/mol. The van der Waals surface area contributed by atoms with Gasteiger partial charge in [-0.05, 0) is 73.1 Å². The first kappa shape index (κ1) is 30.7. The van der Waals surface area contributed by atoms with Gasteiger partial charge in [-0.1, -0.05) is 23.5 Å². The lowest BCUT2D eigenvalue weighted by molar-refractivity contribution is -0.154. The molecule has 2 saturated carbocycles. The number of hydrogen-bond acceptors (Lipinski definition) is 10. The summed E-state index contributed by atoms with van der Waals surface area (Å²) in [6.07, 6.45) is 0.682. The van der Waals surface area contributed by atoms with Crippen molar-refractivity contribution < 1.29 is 37.4 Å². The fraction of sp³-hybridized carbons (Fsp3) is 0.367. The van der Waals surface area contributed by atoms with E-state index in [9.17, 15) is 37.5 Å². The molecule has 46 heavy (non-hydrogen) atoms. The van der Waals surface area contributed by atoms with E-state index in [1.165, 1.54) is 31.2 Å². The number of sulfonamides is 1. The molecule has 3 heterocycles. The van der Waals surface area contributed by atoms with Gasteiger partial charge in [0.25, 0.3) is 5.91 Å². The lowest BCUT2D eigenvalue weighted by Crippen LogP contribution is -2.44. The number of aromatic amines is 1. The van der Waals surface area contributed by atoms with Crippen LogP contribution in [-0.4, -0.2) is 65.0 Å². The second-order valence-corrected chi connectivity index (χ2v) is 15.8. The van der Waals surface area contributed by atoms with E-state index < -0.39 is 51.6 Å². The summed E-state index contributed by atoms with van der Waals surface area (Å²) in [6, 6.07) is 11.4. The highest BCUT2D eigenvalue weighted by Crippen LogP contribution is 2.68. The molecule has 1 saturated heterocycles. The van der Waals surface area contributed by atoms with Gasteiger partial charge in [0.1, 0.15) is 11.8 Å². The number of benzene rings is 2. The molecule has 2 aromatic carbocycles. The molecule has 2 aliphatic heterocycles. The average Bonchev–Trinajstić information content (AvgIpc) is 3.74. The Balaban J connectivity index is 1.10. The topological polar surface area (TPSA) is 206 Å². The van der Waals surface area contributed by atoms with Gasteiger partial charge >= 0.3 is 10.8 Å². The van der Waals surface area contributed by atoms with Crippen LogP contribution >= 0.6 is 23.1 Å². The van der Waals surface area contributed by atoms with E-state index in [0.717, 1.165) is 31.7 Å². The summed E-state index contributed by atoms with van der Waals surface area (Å²) >= 11 is 2.68. The van der Waals surface area contributed by atoms with E-state index in [4.69, 9.17) is 9.88 Å². The maximum Gasteiger partial charge on any atom is 0.326 e. The van der Waals surface area contributed by atoms with Crippen LogP contribution in [0.4, 0.5) is 5.69 Å². The van der Waals surface area contributed by atoms with Crippen molar-refractivity contribution in [1.29, 1.82) is 0 Å². The van der Waals surface area contributed by atoms with E-state index in [1.54, 1.807) is 23.9 Å². The second-order valence-electron chi connectivity index (χ2n) is 12.0. The molecule has 8 atom stereocenters. The summed E-state index contributed by atoms with van der Waals surface area (Å²) in [7, 11) is -3.85. The number of carboxylic acid groups (broad SMARTS) is 1. The van der Waals surface area contributed by atoms with E-state index in [1.807, 2.05) is 12.1 Å². The third kappa shape index (κ3) is 4.94. The van der Waals surface area contributed by atoms with Gasteiger partial charge in [-0.2, -0.15) is 0 Å². The molecule has 2 bridgehead atoms. The molecule has 1 aromatic heterocycles. The molecule has 240 valence electrons. The second kappa shape index (κ2) is 11.1. The molecule has 5 N–H and O–H groups in total. The highest BCUT2D eigenvalue weighted by Gasteiger charge is 2.70. The van der Waals surface area contributed by atoms with Crippen molar-refractivity contribution >= 4 is 62.5 Å². The molecule has 4 aliphatic rings. The van der Waals surface area contributed by atoms with Crippen LogP contribution in [0.15, 0.2) is 63.2 Å². The monoisotopic (exact) mass is 684 g/mol. The van der Waals surface area contributed by atoms with Crippen LogP contribution in [0.3, 0.4) is 0 Å². The van der Waals surface area contributed by atoms with Crippen LogP contribution in [0.2, 0.25) is 0 Å². The quantitative estimate of drug-likeness (QED) is 0.254. The van der Waals surface area contributed by atoms with Crippen LogP contribution in [0.5, 0.6) is 5.75 Å². The zero-order valence-electron chi connectivity index (χ0n) is 24.1. The Labute approximate surface area is 270 Å². The summed E-state index contributed by atoms with van der Waals surface area (Å²) in [5, 5.41) is 18.0. The number of likely N-dealkylation sites (tertiary alicyclic amines) is 1. The maximum atomic E-state index is 13.5. The molecule has 0 spiro atoms. The lowest BCUT2D eigenvalue weighted by atomic mass is 9.68. The number of H-pyrrole nitrogens is 1. The van der Waals surface area contributed by atoms with E-state index in [0.29, 0.717) is 17.9 Å². The Morgan fingerprint density at radius 2 is 1.72 bits per heavy atom. The number of hydrogen-bond donors (Lipinski definition) is 4. The van der Waals surface area contributed by atoms with Gasteiger partial charge in [0, 0.05) is 21.7 Å². The molecule has 3 fully saturated rings. The first-order valence-corrected chi connectivity index (χ1v) is 17.7. The molecular formula is C30H28N4O9S3. The number of fused-ring (bicyclic) bond motifs is 9. The Bertz CT molecular complexity index is 1940. The normalized spacial score (nSPS) is 28.4. The number of imide groups is 1. The zero-order chi connectivity index (χ0) is 32.7. The number of rotatable bonds is 8. The molecule has 13 nitrogen and oxygen atoms in total. The highest BCUT2D eigenvalue weighted by atomic mass is 32.2. The first-order chi connectivity index (χ1) is 21.8. The number of carbonyl (C=O) groups excluding carboxylic acids is 3. The van der Waals surface area contributed by atoms with E-state index in [-0.39, 0.29) is 45.3 Å². The van der Waals surface area contributed by atoms with Crippen LogP contribution in [0.25, 0.3) is 0 Å². The minimum absolute atomic E-state index is 0.0375. The standard InChI is InChI=1S/C30H28N4O9S3/c1-12(29(38)39)34-27(36)22-17-10-18(23(22)28(34)37)24-21(17)20(25-26(44-24)33-30(40)45-25)13-2-6-15(7-3-13)43-11-19(35)32-14-4-8-16(9-5-14)46(31,41)42/h2-9,12,17-18,20-24H,10-11H2,1H3,(H,32,35)(H,33,40)(H,38,39)(H2,31,41,42)/t12?,17?,18?,20-,21?,22?,23?,24?/m1/s1. The number of aromatic nitrogens is 1. The molecule has 7 rings (SSSR count). The number of aliphatic carboxylic acids is 1. The van der Waals surface area contributed by atoms with Crippen molar-refractivity contribution in [2.24, 2.45) is 34.7 Å². The number of nitrogens with zero attached hydrogens (tertiary/aromatic N) is 1. The number of anilines is 1. The molecule has 16 heteroatoms. The summed E-state index contributed by atoms with van der Waals surface area (Å²) < 4.78 is 28.5. The zero-order valence-corrected chi connectivity index (χ0v) is 26.6. The molecule has 2 aliphatic carbocycles. The molecule has 3 amide bonds. The van der Waals surface area contributed by atoms with Gasteiger partial charge in [-0.3, -0.25) is 24.1 Å². The van der Waals surface area contributed by atoms with Crippen LogP contribution < -0.4 is 20.1 Å². The minimum Gasteiger partial charge on any atom is -0.484 e. The van der Waals surface area contributed by atoms with Crippen molar-refractivity contribution in [3.63, 3.8) is 0 Å². The van der Waals surface area contributed by atoms with Gasteiger partial charge in [0.2, 0.25) is 21.8 Å². The van der Waals surface area contributed by atoms with Crippen molar-refractivity contribution in [2.45, 2.75) is 40.5 Å². The number of amides is 3. The fourth-order valence-electron chi connectivity index (χ4n) is 7.75. The molecular weight excluding hydrogens is 657 g/mol. The largest absolute Gasteiger partial charge is 0.484 e. The summed E-state index contributed by atoms with van der Waals surface area (Å²) in [6.45, 7) is 1.05.